The van der Waals surface area contributed by atoms with E-state index in [2.05, 4.69) is 25.7 Å². The van der Waals surface area contributed by atoms with Crippen LogP contribution in [0.2, 0.25) is 0 Å². The van der Waals surface area contributed by atoms with Crippen molar-refractivity contribution in [3.8, 4) is 0 Å². The second kappa shape index (κ2) is 6.98. The molecule has 0 saturated heterocycles. The highest BCUT2D eigenvalue weighted by Gasteiger charge is 2.24. The quantitative estimate of drug-likeness (QED) is 0.777. The van der Waals surface area contributed by atoms with Crippen LogP contribution >= 0.6 is 0 Å². The van der Waals surface area contributed by atoms with Gasteiger partial charge < -0.3 is 5.32 Å². The maximum absolute atomic E-state index is 12.5. The summed E-state index contributed by atoms with van der Waals surface area (Å²) in [5.41, 5.74) is 3.13. The molecule has 130 valence electrons. The van der Waals surface area contributed by atoms with Crippen molar-refractivity contribution in [2.24, 2.45) is 0 Å². The summed E-state index contributed by atoms with van der Waals surface area (Å²) in [5.74, 6) is -0.245. The van der Waals surface area contributed by atoms with Crippen LogP contribution in [-0.4, -0.2) is 26.3 Å². The lowest BCUT2D eigenvalue weighted by atomic mass is 9.89. The predicted molar refractivity (Wildman–Crippen MR) is 92.1 cm³/mol. The number of hydrogen-bond donors (Lipinski definition) is 3. The maximum atomic E-state index is 12.5. The fraction of sp³-hybridized carbons (Fsp3) is 0.529. The molecule has 0 saturated carbocycles. The lowest BCUT2D eigenvalue weighted by Gasteiger charge is -2.18. The second-order valence-corrected chi connectivity index (χ2v) is 6.75. The second-order valence-electron chi connectivity index (χ2n) is 6.75. The minimum absolute atomic E-state index is 0.168. The molecule has 0 unspecified atom stereocenters. The van der Waals surface area contributed by atoms with Crippen LogP contribution in [0.15, 0.2) is 11.0 Å². The third-order valence-corrected chi connectivity index (χ3v) is 4.03. The van der Waals surface area contributed by atoms with Gasteiger partial charge in [0.1, 0.15) is 0 Å². The molecular formula is C17H25N5O2. The fourth-order valence-electron chi connectivity index (χ4n) is 2.76. The van der Waals surface area contributed by atoms with E-state index in [1.165, 1.54) is 6.20 Å². The molecule has 2 rings (SSSR count). The Hall–Kier alpha value is -2.44. The molecule has 0 aliphatic rings. The number of amides is 1. The molecule has 1 amide bonds. The minimum atomic E-state index is -0.257. The molecule has 2 heterocycles. The number of rotatable bonds is 5. The van der Waals surface area contributed by atoms with Crippen LogP contribution in [0.1, 0.15) is 67.5 Å². The molecule has 0 aliphatic carbocycles. The molecule has 7 heteroatoms. The number of carbonyl (C=O) groups is 1. The van der Waals surface area contributed by atoms with Crippen LogP contribution in [0.4, 0.5) is 0 Å². The van der Waals surface area contributed by atoms with Crippen molar-refractivity contribution < 1.29 is 4.79 Å². The standard InChI is InChI=1S/C17H25N5O2/c1-6-10-11(16(24)22-20-13(10)7-2)8-18-15(23)12-9-19-21-14(12)17(3,4)5/h9H,6-8H2,1-5H3,(H,18,23)(H,19,21)(H,22,24). The van der Waals surface area contributed by atoms with E-state index in [0.29, 0.717) is 17.5 Å². The SMILES string of the molecule is CCc1n[nH]c(=O)c(CNC(=O)c2cn[nH]c2C(C)(C)C)c1CC. The van der Waals surface area contributed by atoms with Crippen LogP contribution in [0.25, 0.3) is 0 Å². The summed E-state index contributed by atoms with van der Waals surface area (Å²) >= 11 is 0. The van der Waals surface area contributed by atoms with E-state index in [1.807, 2.05) is 34.6 Å². The fourth-order valence-corrected chi connectivity index (χ4v) is 2.76. The zero-order valence-corrected chi connectivity index (χ0v) is 14.9. The van der Waals surface area contributed by atoms with Gasteiger partial charge in [0.15, 0.2) is 0 Å². The van der Waals surface area contributed by atoms with E-state index in [1.54, 1.807) is 0 Å². The molecule has 0 atom stereocenters. The number of aromatic nitrogens is 4. The number of H-pyrrole nitrogens is 2. The van der Waals surface area contributed by atoms with E-state index in [9.17, 15) is 9.59 Å². The third-order valence-electron chi connectivity index (χ3n) is 4.03. The monoisotopic (exact) mass is 331 g/mol. The molecule has 0 fully saturated rings. The summed E-state index contributed by atoms with van der Waals surface area (Å²) < 4.78 is 0. The number of carbonyl (C=O) groups excluding carboxylic acids is 1. The number of aryl methyl sites for hydroxylation is 1. The van der Waals surface area contributed by atoms with Crippen molar-refractivity contribution in [2.75, 3.05) is 0 Å². The molecule has 7 nitrogen and oxygen atoms in total. The predicted octanol–water partition coefficient (Wildman–Crippen LogP) is 1.85. The Morgan fingerprint density at radius 2 is 1.88 bits per heavy atom. The first-order chi connectivity index (χ1) is 11.3. The summed E-state index contributed by atoms with van der Waals surface area (Å²) in [6.07, 6.45) is 2.95. The summed E-state index contributed by atoms with van der Waals surface area (Å²) in [5, 5.41) is 16.3. The van der Waals surface area contributed by atoms with E-state index in [4.69, 9.17) is 0 Å². The molecule has 2 aromatic rings. The van der Waals surface area contributed by atoms with Gasteiger partial charge in [-0.1, -0.05) is 34.6 Å². The van der Waals surface area contributed by atoms with Crippen LogP contribution in [0.5, 0.6) is 0 Å². The Labute approximate surface area is 141 Å². The van der Waals surface area contributed by atoms with Gasteiger partial charge in [0.25, 0.3) is 11.5 Å². The maximum Gasteiger partial charge on any atom is 0.269 e. The highest BCUT2D eigenvalue weighted by Crippen LogP contribution is 2.23. The van der Waals surface area contributed by atoms with Gasteiger partial charge in [0.05, 0.1) is 23.1 Å². The highest BCUT2D eigenvalue weighted by atomic mass is 16.2. The Bertz CT molecular complexity index is 783. The molecule has 0 aliphatic heterocycles. The van der Waals surface area contributed by atoms with Gasteiger partial charge in [-0.25, -0.2) is 5.10 Å². The van der Waals surface area contributed by atoms with Crippen molar-refractivity contribution in [1.82, 2.24) is 25.7 Å². The topological polar surface area (TPSA) is 104 Å². The van der Waals surface area contributed by atoms with Gasteiger partial charge >= 0.3 is 0 Å². The summed E-state index contributed by atoms with van der Waals surface area (Å²) in [7, 11) is 0. The van der Waals surface area contributed by atoms with E-state index in [-0.39, 0.29) is 23.4 Å². The van der Waals surface area contributed by atoms with Gasteiger partial charge in [-0.15, -0.1) is 0 Å². The summed E-state index contributed by atoms with van der Waals surface area (Å²) in [4.78, 5) is 24.6. The zero-order chi connectivity index (χ0) is 17.9. The lowest BCUT2D eigenvalue weighted by Crippen LogP contribution is -2.30. The largest absolute Gasteiger partial charge is 0.348 e. The number of aromatic amines is 2. The van der Waals surface area contributed by atoms with Gasteiger partial charge in [0.2, 0.25) is 0 Å². The average molecular weight is 331 g/mol. The zero-order valence-electron chi connectivity index (χ0n) is 14.9. The number of nitrogens with zero attached hydrogens (tertiary/aromatic N) is 2. The first-order valence-electron chi connectivity index (χ1n) is 8.20. The van der Waals surface area contributed by atoms with Gasteiger partial charge in [-0.3, -0.25) is 14.7 Å². The van der Waals surface area contributed by atoms with Crippen LogP contribution in [0.3, 0.4) is 0 Å². The summed E-state index contributed by atoms with van der Waals surface area (Å²) in [6, 6.07) is 0. The molecule has 0 spiro atoms. The molecule has 0 radical (unpaired) electrons. The molecular weight excluding hydrogens is 306 g/mol. The van der Waals surface area contributed by atoms with Crippen molar-refractivity contribution in [2.45, 2.75) is 59.4 Å². The van der Waals surface area contributed by atoms with E-state index >= 15 is 0 Å². The first kappa shape index (κ1) is 17.9. The first-order valence-corrected chi connectivity index (χ1v) is 8.20. The molecule has 24 heavy (non-hydrogen) atoms. The van der Waals surface area contributed by atoms with Crippen molar-refractivity contribution in [1.29, 1.82) is 0 Å². The van der Waals surface area contributed by atoms with E-state index in [0.717, 1.165) is 23.4 Å². The van der Waals surface area contributed by atoms with Crippen molar-refractivity contribution >= 4 is 5.91 Å². The van der Waals surface area contributed by atoms with Crippen molar-refractivity contribution in [3.63, 3.8) is 0 Å². The smallest absolute Gasteiger partial charge is 0.269 e. The van der Waals surface area contributed by atoms with Crippen LogP contribution < -0.4 is 10.9 Å². The molecule has 0 aromatic carbocycles. The third kappa shape index (κ3) is 3.55. The Morgan fingerprint density at radius 3 is 2.46 bits per heavy atom. The van der Waals surface area contributed by atoms with Gasteiger partial charge in [0, 0.05) is 17.5 Å². The van der Waals surface area contributed by atoms with Crippen LogP contribution in [-0.2, 0) is 24.8 Å². The number of hydrogen-bond acceptors (Lipinski definition) is 4. The highest BCUT2D eigenvalue weighted by molar-refractivity contribution is 5.95. The average Bonchev–Trinajstić information content (AvgIpc) is 3.03. The molecule has 0 bridgehead atoms. The van der Waals surface area contributed by atoms with Gasteiger partial charge in [-0.05, 0) is 18.4 Å². The number of nitrogens with one attached hydrogen (secondary N) is 3. The minimum Gasteiger partial charge on any atom is -0.348 e. The Kier molecular flexibility index (Phi) is 5.21. The van der Waals surface area contributed by atoms with Crippen molar-refractivity contribution in [3.05, 3.63) is 44.6 Å². The lowest BCUT2D eigenvalue weighted by molar-refractivity contribution is 0.0948. The van der Waals surface area contributed by atoms with Crippen LogP contribution in [0, 0.1) is 0 Å². The normalized spacial score (nSPS) is 11.5. The Balaban J connectivity index is 2.25. The molecule has 3 N–H and O–H groups in total. The van der Waals surface area contributed by atoms with Gasteiger partial charge in [-0.2, -0.15) is 10.2 Å². The van der Waals surface area contributed by atoms with E-state index < -0.39 is 0 Å². The Morgan fingerprint density at radius 1 is 1.17 bits per heavy atom. The summed E-state index contributed by atoms with van der Waals surface area (Å²) in [6.45, 7) is 10.2. The molecule has 2 aromatic heterocycles.